The highest BCUT2D eigenvalue weighted by Crippen LogP contribution is 2.39. The number of fused-ring (bicyclic) bond motifs is 3. The van der Waals surface area contributed by atoms with Crippen molar-refractivity contribution in [2.45, 2.75) is 31.3 Å². The monoisotopic (exact) mass is 227 g/mol. The summed E-state index contributed by atoms with van der Waals surface area (Å²) in [6, 6.07) is 9.53. The Labute approximate surface area is 102 Å². The van der Waals surface area contributed by atoms with E-state index in [9.17, 15) is 0 Å². The molecule has 88 valence electrons. The molecule has 4 aliphatic rings. The first-order valence-corrected chi connectivity index (χ1v) is 6.64. The number of rotatable bonds is 0. The molecule has 0 spiro atoms. The molecule has 3 saturated heterocycles. The topological polar surface area (TPSA) is 28.0 Å². The van der Waals surface area contributed by atoms with Crippen LogP contribution >= 0.6 is 0 Å². The average Bonchev–Trinajstić information content (AvgIpc) is 2.60. The van der Waals surface area contributed by atoms with Crippen LogP contribution in [-0.2, 0) is 6.42 Å². The van der Waals surface area contributed by atoms with E-state index in [0.29, 0.717) is 12.1 Å². The van der Waals surface area contributed by atoms with Gasteiger partial charge in [-0.15, -0.1) is 0 Å². The second-order valence-corrected chi connectivity index (χ2v) is 5.48. The van der Waals surface area contributed by atoms with E-state index in [4.69, 9.17) is 0 Å². The van der Waals surface area contributed by atoms with Crippen molar-refractivity contribution in [3.63, 3.8) is 0 Å². The van der Waals surface area contributed by atoms with Crippen LogP contribution in [-0.4, -0.2) is 30.1 Å². The third-order valence-corrected chi connectivity index (χ3v) is 4.64. The van der Waals surface area contributed by atoms with E-state index in [1.165, 1.54) is 31.5 Å². The van der Waals surface area contributed by atoms with Crippen LogP contribution in [0.25, 0.3) is 0 Å². The van der Waals surface area contributed by atoms with Gasteiger partial charge >= 0.3 is 0 Å². The van der Waals surface area contributed by atoms with Gasteiger partial charge in [-0.2, -0.15) is 10.2 Å². The predicted octanol–water partition coefficient (Wildman–Crippen LogP) is 2.79. The molecule has 3 nitrogen and oxygen atoms in total. The molecule has 3 heteroatoms. The molecule has 3 fully saturated rings. The molecule has 2 unspecified atom stereocenters. The minimum absolute atomic E-state index is 0.449. The van der Waals surface area contributed by atoms with Gasteiger partial charge in [-0.3, -0.25) is 4.90 Å². The lowest BCUT2D eigenvalue weighted by atomic mass is 9.77. The predicted molar refractivity (Wildman–Crippen MR) is 66.5 cm³/mol. The second-order valence-electron chi connectivity index (χ2n) is 5.48. The Bertz CT molecular complexity index is 460. The number of piperidine rings is 3. The van der Waals surface area contributed by atoms with Crippen LogP contribution in [0, 0.1) is 5.92 Å². The van der Waals surface area contributed by atoms with Gasteiger partial charge in [-0.1, -0.05) is 18.2 Å². The van der Waals surface area contributed by atoms with Crippen LogP contribution in [0.4, 0.5) is 5.69 Å². The lowest BCUT2D eigenvalue weighted by molar-refractivity contribution is 0.0286. The van der Waals surface area contributed by atoms with Gasteiger partial charge in [0.1, 0.15) is 0 Å². The molecule has 0 N–H and O–H groups in total. The lowest BCUT2D eigenvalue weighted by Crippen LogP contribution is -2.57. The number of azo groups is 1. The van der Waals surface area contributed by atoms with Crippen molar-refractivity contribution in [2.24, 2.45) is 16.1 Å². The molecule has 4 aliphatic heterocycles. The Balaban J connectivity index is 1.76. The molecule has 0 aliphatic carbocycles. The van der Waals surface area contributed by atoms with Gasteiger partial charge in [0.2, 0.25) is 0 Å². The first kappa shape index (κ1) is 9.77. The van der Waals surface area contributed by atoms with Gasteiger partial charge in [0.25, 0.3) is 0 Å². The average molecular weight is 227 g/mol. The van der Waals surface area contributed by atoms with E-state index >= 15 is 0 Å². The highest BCUT2D eigenvalue weighted by molar-refractivity contribution is 5.46. The first-order chi connectivity index (χ1) is 8.42. The van der Waals surface area contributed by atoms with E-state index in [0.717, 1.165) is 18.0 Å². The van der Waals surface area contributed by atoms with Gasteiger partial charge in [0.15, 0.2) is 0 Å². The van der Waals surface area contributed by atoms with Gasteiger partial charge < -0.3 is 0 Å². The summed E-state index contributed by atoms with van der Waals surface area (Å²) >= 11 is 0. The lowest BCUT2D eigenvalue weighted by Gasteiger charge is -2.48. The van der Waals surface area contributed by atoms with Crippen LogP contribution < -0.4 is 0 Å². The van der Waals surface area contributed by atoms with Gasteiger partial charge in [-0.25, -0.2) is 0 Å². The SMILES string of the molecule is c1ccc2c(c1)CC1C(N=N2)C2CCN1CC2. The fraction of sp³-hybridized carbons (Fsp3) is 0.571. The van der Waals surface area contributed by atoms with Crippen molar-refractivity contribution in [3.8, 4) is 0 Å². The fourth-order valence-corrected chi connectivity index (χ4v) is 3.68. The van der Waals surface area contributed by atoms with Crippen LogP contribution in [0.2, 0.25) is 0 Å². The number of hydrogen-bond donors (Lipinski definition) is 0. The van der Waals surface area contributed by atoms with Crippen molar-refractivity contribution < 1.29 is 0 Å². The van der Waals surface area contributed by atoms with Gasteiger partial charge in [0, 0.05) is 6.04 Å². The molecular weight excluding hydrogens is 210 g/mol. The smallest absolute Gasteiger partial charge is 0.0899 e. The summed E-state index contributed by atoms with van der Waals surface area (Å²) < 4.78 is 0. The third kappa shape index (κ3) is 1.45. The summed E-state index contributed by atoms with van der Waals surface area (Å²) in [5, 5.41) is 9.14. The van der Waals surface area contributed by atoms with Crippen LogP contribution in [0.5, 0.6) is 0 Å². The molecular formula is C14H17N3. The maximum absolute atomic E-state index is 4.65. The van der Waals surface area contributed by atoms with E-state index in [2.05, 4.69) is 39.4 Å². The van der Waals surface area contributed by atoms with Crippen molar-refractivity contribution in [1.29, 1.82) is 0 Å². The Morgan fingerprint density at radius 2 is 1.94 bits per heavy atom. The molecule has 2 bridgehead atoms. The van der Waals surface area contributed by atoms with Crippen molar-refractivity contribution in [2.75, 3.05) is 13.1 Å². The van der Waals surface area contributed by atoms with E-state index in [1.807, 2.05) is 0 Å². The molecule has 17 heavy (non-hydrogen) atoms. The Hall–Kier alpha value is -1.22. The summed E-state index contributed by atoms with van der Waals surface area (Å²) in [5.74, 6) is 0.781. The molecule has 0 amide bonds. The zero-order chi connectivity index (χ0) is 11.2. The van der Waals surface area contributed by atoms with Gasteiger partial charge in [-0.05, 0) is 49.9 Å². The normalized spacial score (nSPS) is 38.4. The Morgan fingerprint density at radius 1 is 1.12 bits per heavy atom. The quantitative estimate of drug-likeness (QED) is 0.669. The molecule has 5 rings (SSSR count). The summed E-state index contributed by atoms with van der Waals surface area (Å²) in [4.78, 5) is 2.63. The fourth-order valence-electron chi connectivity index (χ4n) is 3.68. The van der Waals surface area contributed by atoms with Gasteiger partial charge in [0.05, 0.1) is 11.7 Å². The summed E-state index contributed by atoms with van der Waals surface area (Å²) in [7, 11) is 0. The zero-order valence-corrected chi connectivity index (χ0v) is 9.92. The van der Waals surface area contributed by atoms with Crippen LogP contribution in [0.3, 0.4) is 0 Å². The number of hydrogen-bond acceptors (Lipinski definition) is 3. The highest BCUT2D eigenvalue weighted by atomic mass is 15.3. The summed E-state index contributed by atoms with van der Waals surface area (Å²) in [6.45, 7) is 2.53. The third-order valence-electron chi connectivity index (χ3n) is 4.64. The molecule has 1 aromatic carbocycles. The van der Waals surface area contributed by atoms with Crippen molar-refractivity contribution in [1.82, 2.24) is 4.90 Å². The maximum atomic E-state index is 4.65. The van der Waals surface area contributed by atoms with Crippen LogP contribution in [0.15, 0.2) is 34.5 Å². The summed E-state index contributed by atoms with van der Waals surface area (Å²) in [5.41, 5.74) is 2.46. The molecule has 0 saturated carbocycles. The molecule has 2 atom stereocenters. The second kappa shape index (κ2) is 3.64. The molecule has 1 aromatic rings. The van der Waals surface area contributed by atoms with E-state index in [1.54, 1.807) is 0 Å². The Morgan fingerprint density at radius 3 is 2.82 bits per heavy atom. The molecule has 0 radical (unpaired) electrons. The number of nitrogens with zero attached hydrogens (tertiary/aromatic N) is 3. The first-order valence-electron chi connectivity index (χ1n) is 6.64. The van der Waals surface area contributed by atoms with E-state index in [-0.39, 0.29) is 0 Å². The minimum atomic E-state index is 0.449. The minimum Gasteiger partial charge on any atom is -0.298 e. The maximum Gasteiger partial charge on any atom is 0.0899 e. The van der Waals surface area contributed by atoms with Crippen LogP contribution in [0.1, 0.15) is 18.4 Å². The van der Waals surface area contributed by atoms with E-state index < -0.39 is 0 Å². The highest BCUT2D eigenvalue weighted by Gasteiger charge is 2.43. The number of benzene rings is 1. The van der Waals surface area contributed by atoms with Crippen molar-refractivity contribution in [3.05, 3.63) is 29.8 Å². The van der Waals surface area contributed by atoms with Crippen molar-refractivity contribution >= 4 is 5.69 Å². The zero-order valence-electron chi connectivity index (χ0n) is 9.92. The largest absolute Gasteiger partial charge is 0.298 e. The molecule has 0 aromatic heterocycles. The summed E-state index contributed by atoms with van der Waals surface area (Å²) in [6.07, 6.45) is 3.76. The Kier molecular flexibility index (Phi) is 2.09. The molecule has 4 heterocycles. The standard InChI is InChI=1S/C14H17N3/c1-2-4-12-11(3-1)9-13-14(16-15-12)10-5-7-17(13)8-6-10/h1-4,10,13-14H,5-9H2.